The Morgan fingerprint density at radius 2 is 2.24 bits per heavy atom. The first-order chi connectivity index (χ1) is 7.25. The predicted molar refractivity (Wildman–Crippen MR) is 72.2 cm³/mol. The molecule has 1 saturated heterocycles. The van der Waals surface area contributed by atoms with E-state index in [9.17, 15) is 4.79 Å². The summed E-state index contributed by atoms with van der Waals surface area (Å²) < 4.78 is 0. The minimum atomic E-state index is -0.0279. The molecule has 0 bridgehead atoms. The van der Waals surface area contributed by atoms with Crippen molar-refractivity contribution in [2.75, 3.05) is 13.1 Å². The van der Waals surface area contributed by atoms with Gasteiger partial charge in [-0.1, -0.05) is 0 Å². The molecule has 1 unspecified atom stereocenters. The molecule has 1 aliphatic rings. The lowest BCUT2D eigenvalue weighted by Gasteiger charge is -2.11. The maximum atomic E-state index is 11.8. The van der Waals surface area contributed by atoms with Crippen molar-refractivity contribution in [2.24, 2.45) is 0 Å². The normalized spacial score (nSPS) is 17.8. The van der Waals surface area contributed by atoms with Crippen molar-refractivity contribution in [1.29, 1.82) is 0 Å². The van der Waals surface area contributed by atoms with E-state index in [-0.39, 0.29) is 36.8 Å². The van der Waals surface area contributed by atoms with Crippen molar-refractivity contribution < 1.29 is 4.79 Å². The molecule has 1 atom stereocenters. The maximum absolute atomic E-state index is 11.8. The molecule has 6 heteroatoms. The number of carbonyl (C=O) groups excluding carboxylic acids is 1. The molecule has 4 nitrogen and oxygen atoms in total. The molecule has 2 N–H and O–H groups in total. The lowest BCUT2D eigenvalue weighted by Crippen LogP contribution is -2.36. The van der Waals surface area contributed by atoms with E-state index in [2.05, 4.69) is 15.6 Å². The number of halogens is 2. The second-order valence-electron chi connectivity index (χ2n) is 3.91. The third-order valence-electron chi connectivity index (χ3n) is 2.53. The number of nitrogens with zero attached hydrogens (tertiary/aromatic N) is 1. The summed E-state index contributed by atoms with van der Waals surface area (Å²) in [6.07, 6.45) is 4.35. The van der Waals surface area contributed by atoms with Gasteiger partial charge in [0.15, 0.2) is 0 Å². The number of hydrogen-bond donors (Lipinski definition) is 2. The third-order valence-corrected chi connectivity index (χ3v) is 2.53. The average molecular weight is 278 g/mol. The first-order valence-electron chi connectivity index (χ1n) is 5.19. The van der Waals surface area contributed by atoms with E-state index in [0.717, 1.165) is 25.1 Å². The van der Waals surface area contributed by atoms with E-state index >= 15 is 0 Å². The van der Waals surface area contributed by atoms with Crippen molar-refractivity contribution >= 4 is 30.7 Å². The Morgan fingerprint density at radius 3 is 2.82 bits per heavy atom. The molecule has 17 heavy (non-hydrogen) atoms. The van der Waals surface area contributed by atoms with Gasteiger partial charge in [-0.05, 0) is 31.5 Å². The highest BCUT2D eigenvalue weighted by Gasteiger charge is 2.17. The molecule has 1 aliphatic heterocycles. The van der Waals surface area contributed by atoms with Crippen LogP contribution in [0.2, 0.25) is 0 Å². The van der Waals surface area contributed by atoms with Crippen LogP contribution in [0.15, 0.2) is 18.5 Å². The fraction of sp³-hybridized carbons (Fsp3) is 0.455. The molecular weight excluding hydrogens is 261 g/mol. The van der Waals surface area contributed by atoms with Crippen LogP contribution in [-0.2, 0) is 0 Å². The van der Waals surface area contributed by atoms with Gasteiger partial charge in [0.1, 0.15) is 0 Å². The molecule has 1 fully saturated rings. The van der Waals surface area contributed by atoms with Crippen LogP contribution in [-0.4, -0.2) is 30.0 Å². The van der Waals surface area contributed by atoms with E-state index < -0.39 is 0 Å². The number of nitrogens with one attached hydrogen (secondary N) is 2. The van der Waals surface area contributed by atoms with Gasteiger partial charge in [0.2, 0.25) is 0 Å². The van der Waals surface area contributed by atoms with Gasteiger partial charge >= 0.3 is 0 Å². The Kier molecular flexibility index (Phi) is 7.11. The number of carbonyl (C=O) groups is 1. The highest BCUT2D eigenvalue weighted by atomic mass is 35.5. The summed E-state index contributed by atoms with van der Waals surface area (Å²) in [6.45, 7) is 3.78. The van der Waals surface area contributed by atoms with Crippen LogP contribution in [0.3, 0.4) is 0 Å². The minimum absolute atomic E-state index is 0. The van der Waals surface area contributed by atoms with Crippen LogP contribution < -0.4 is 10.6 Å². The molecule has 1 aromatic rings. The molecule has 1 amide bonds. The van der Waals surface area contributed by atoms with Crippen LogP contribution in [0, 0.1) is 6.92 Å². The fourth-order valence-electron chi connectivity index (χ4n) is 1.73. The van der Waals surface area contributed by atoms with Crippen LogP contribution in [0.5, 0.6) is 0 Å². The molecule has 2 heterocycles. The van der Waals surface area contributed by atoms with Gasteiger partial charge in [0.25, 0.3) is 5.91 Å². The predicted octanol–water partition coefficient (Wildman–Crippen LogP) is 1.33. The minimum Gasteiger partial charge on any atom is -0.348 e. The lowest BCUT2D eigenvalue weighted by atomic mass is 10.2. The molecule has 1 aromatic heterocycles. The van der Waals surface area contributed by atoms with Crippen LogP contribution in [0.4, 0.5) is 0 Å². The molecule has 96 valence electrons. The van der Waals surface area contributed by atoms with Crippen LogP contribution >= 0.6 is 24.8 Å². The first-order valence-corrected chi connectivity index (χ1v) is 5.19. The van der Waals surface area contributed by atoms with E-state index in [0.29, 0.717) is 5.56 Å². The Balaban J connectivity index is 0.00000128. The zero-order chi connectivity index (χ0) is 10.7. The number of aromatic nitrogens is 1. The average Bonchev–Trinajstić information content (AvgIpc) is 2.70. The van der Waals surface area contributed by atoms with Gasteiger partial charge in [-0.3, -0.25) is 9.78 Å². The third kappa shape index (κ3) is 4.50. The summed E-state index contributed by atoms with van der Waals surface area (Å²) in [5.41, 5.74) is 1.65. The van der Waals surface area contributed by atoms with E-state index in [1.807, 2.05) is 13.0 Å². The Hall–Kier alpha value is -0.840. The van der Waals surface area contributed by atoms with Crippen LogP contribution in [0.25, 0.3) is 0 Å². The van der Waals surface area contributed by atoms with Crippen molar-refractivity contribution in [3.8, 4) is 0 Å². The quantitative estimate of drug-likeness (QED) is 0.858. The maximum Gasteiger partial charge on any atom is 0.253 e. The van der Waals surface area contributed by atoms with Gasteiger partial charge < -0.3 is 10.6 Å². The Morgan fingerprint density at radius 1 is 1.47 bits per heavy atom. The molecule has 0 radical (unpaired) electrons. The second kappa shape index (κ2) is 7.48. The summed E-state index contributed by atoms with van der Waals surface area (Å²) >= 11 is 0. The van der Waals surface area contributed by atoms with E-state index in [1.165, 1.54) is 0 Å². The van der Waals surface area contributed by atoms with Gasteiger partial charge in [-0.2, -0.15) is 0 Å². The van der Waals surface area contributed by atoms with Gasteiger partial charge in [-0.15, -0.1) is 24.8 Å². The monoisotopic (exact) mass is 277 g/mol. The SMILES string of the molecule is Cc1cncc(C(=O)NC2CCNC2)c1.Cl.Cl. The molecular formula is C11H17Cl2N3O. The number of pyridine rings is 1. The van der Waals surface area contributed by atoms with E-state index in [4.69, 9.17) is 0 Å². The number of amides is 1. The summed E-state index contributed by atoms with van der Waals surface area (Å²) in [4.78, 5) is 15.8. The summed E-state index contributed by atoms with van der Waals surface area (Å²) in [5.74, 6) is -0.0279. The smallest absolute Gasteiger partial charge is 0.253 e. The highest BCUT2D eigenvalue weighted by molar-refractivity contribution is 5.94. The largest absolute Gasteiger partial charge is 0.348 e. The van der Waals surface area contributed by atoms with Crippen molar-refractivity contribution in [3.63, 3.8) is 0 Å². The zero-order valence-corrected chi connectivity index (χ0v) is 11.2. The standard InChI is InChI=1S/C11H15N3O.2ClH/c1-8-4-9(6-13-5-8)11(15)14-10-2-3-12-7-10;;/h4-6,10,12H,2-3,7H2,1H3,(H,14,15);2*1H. The Bertz CT molecular complexity index is 367. The summed E-state index contributed by atoms with van der Waals surface area (Å²) in [7, 11) is 0. The van der Waals surface area contributed by atoms with Crippen molar-refractivity contribution in [2.45, 2.75) is 19.4 Å². The molecule has 0 spiro atoms. The first kappa shape index (κ1) is 16.2. The summed E-state index contributed by atoms with van der Waals surface area (Å²) in [5, 5.41) is 6.19. The number of aryl methyl sites for hydroxylation is 1. The zero-order valence-electron chi connectivity index (χ0n) is 9.60. The van der Waals surface area contributed by atoms with Crippen molar-refractivity contribution in [3.05, 3.63) is 29.6 Å². The molecule has 0 saturated carbocycles. The molecule has 0 aromatic carbocycles. The van der Waals surface area contributed by atoms with Crippen LogP contribution in [0.1, 0.15) is 22.3 Å². The van der Waals surface area contributed by atoms with E-state index in [1.54, 1.807) is 12.4 Å². The fourth-order valence-corrected chi connectivity index (χ4v) is 1.73. The topological polar surface area (TPSA) is 54.0 Å². The van der Waals surface area contributed by atoms with Gasteiger partial charge in [0.05, 0.1) is 5.56 Å². The summed E-state index contributed by atoms with van der Waals surface area (Å²) in [6, 6.07) is 2.11. The number of hydrogen-bond acceptors (Lipinski definition) is 3. The van der Waals surface area contributed by atoms with Gasteiger partial charge in [0, 0.05) is 25.0 Å². The lowest BCUT2D eigenvalue weighted by molar-refractivity contribution is 0.0939. The Labute approximate surface area is 113 Å². The van der Waals surface area contributed by atoms with Gasteiger partial charge in [-0.25, -0.2) is 0 Å². The molecule has 2 rings (SSSR count). The number of rotatable bonds is 2. The van der Waals surface area contributed by atoms with Crippen molar-refractivity contribution in [1.82, 2.24) is 15.6 Å². The molecule has 0 aliphatic carbocycles. The second-order valence-corrected chi connectivity index (χ2v) is 3.91. The highest BCUT2D eigenvalue weighted by Crippen LogP contribution is 2.03.